The van der Waals surface area contributed by atoms with E-state index in [0.717, 1.165) is 28.2 Å². The van der Waals surface area contributed by atoms with Crippen LogP contribution in [0.4, 0.5) is 0 Å². The van der Waals surface area contributed by atoms with Crippen molar-refractivity contribution in [1.29, 1.82) is 0 Å². The number of aromatic amines is 1. The molecule has 3 aromatic rings. The maximum atomic E-state index is 12.4. The van der Waals surface area contributed by atoms with E-state index < -0.39 is 11.9 Å². The first kappa shape index (κ1) is 21.9. The summed E-state index contributed by atoms with van der Waals surface area (Å²) in [4.78, 5) is 24.4. The number of rotatable bonds is 8. The van der Waals surface area contributed by atoms with Gasteiger partial charge in [-0.1, -0.05) is 12.1 Å². The van der Waals surface area contributed by atoms with Crippen LogP contribution in [0.1, 0.15) is 37.2 Å². The van der Waals surface area contributed by atoms with E-state index in [4.69, 9.17) is 9.47 Å². The molecule has 0 spiro atoms. The quantitative estimate of drug-likeness (QED) is 0.437. The molecule has 3 rings (SSSR count). The van der Waals surface area contributed by atoms with Crippen molar-refractivity contribution in [3.05, 3.63) is 52.9 Å². The predicted molar refractivity (Wildman–Crippen MR) is 114 cm³/mol. The molecule has 0 aliphatic carbocycles. The van der Waals surface area contributed by atoms with Crippen LogP contribution in [-0.4, -0.2) is 50.3 Å². The lowest BCUT2D eigenvalue weighted by Gasteiger charge is -2.11. The zero-order chi connectivity index (χ0) is 22.4. The van der Waals surface area contributed by atoms with E-state index in [9.17, 15) is 9.59 Å². The third kappa shape index (κ3) is 5.06. The number of esters is 2. The fourth-order valence-corrected chi connectivity index (χ4v) is 3.36. The molecular formula is C22H25N5O4. The van der Waals surface area contributed by atoms with Crippen molar-refractivity contribution in [3.8, 4) is 17.1 Å². The first-order chi connectivity index (χ1) is 14.9. The number of hydrogen-bond donors (Lipinski definition) is 1. The smallest absolute Gasteiger partial charge is 0.334 e. The third-order valence-electron chi connectivity index (χ3n) is 4.69. The zero-order valence-corrected chi connectivity index (χ0v) is 18.0. The number of carbonyl (C=O) groups excluding carboxylic acids is 2. The predicted octanol–water partition coefficient (Wildman–Crippen LogP) is 3.17. The molecule has 162 valence electrons. The first-order valence-corrected chi connectivity index (χ1v) is 10.0. The van der Waals surface area contributed by atoms with Crippen LogP contribution < -0.4 is 0 Å². The maximum Gasteiger partial charge on any atom is 0.334 e. The van der Waals surface area contributed by atoms with Gasteiger partial charge in [-0.2, -0.15) is 5.21 Å². The standard InChI is InChI=1S/C22H25N5O4/c1-5-30-20(28)13-18(22(29)31-6-2)11-17-10-14(3)27(15(17)4)19-9-7-8-16(12-19)21-23-25-26-24-21/h7-12H,5-6,13H2,1-4H3,(H,23,24,25,26)/b18-11+. The summed E-state index contributed by atoms with van der Waals surface area (Å²) in [5, 5.41) is 14.1. The number of ether oxygens (including phenoxy) is 2. The topological polar surface area (TPSA) is 112 Å². The van der Waals surface area contributed by atoms with Gasteiger partial charge in [-0.05, 0) is 62.7 Å². The Morgan fingerprint density at radius 1 is 1.13 bits per heavy atom. The molecule has 0 radical (unpaired) electrons. The molecule has 0 unspecified atom stereocenters. The van der Waals surface area contributed by atoms with Crippen LogP contribution in [0.25, 0.3) is 23.2 Å². The van der Waals surface area contributed by atoms with Crippen LogP contribution in [0.3, 0.4) is 0 Å². The largest absolute Gasteiger partial charge is 0.466 e. The average molecular weight is 423 g/mol. The second-order valence-electron chi connectivity index (χ2n) is 6.82. The van der Waals surface area contributed by atoms with Gasteiger partial charge in [0.05, 0.1) is 19.6 Å². The van der Waals surface area contributed by atoms with Crippen molar-refractivity contribution in [2.24, 2.45) is 0 Å². The summed E-state index contributed by atoms with van der Waals surface area (Å²) in [6.45, 7) is 7.85. The summed E-state index contributed by atoms with van der Waals surface area (Å²) in [6.07, 6.45) is 1.54. The van der Waals surface area contributed by atoms with Crippen LogP contribution in [0.15, 0.2) is 35.9 Å². The first-order valence-electron chi connectivity index (χ1n) is 10.0. The number of benzene rings is 1. The minimum atomic E-state index is -0.528. The highest BCUT2D eigenvalue weighted by atomic mass is 16.5. The van der Waals surface area contributed by atoms with Gasteiger partial charge in [-0.25, -0.2) is 4.79 Å². The van der Waals surface area contributed by atoms with Gasteiger partial charge >= 0.3 is 11.9 Å². The van der Waals surface area contributed by atoms with Gasteiger partial charge in [-0.3, -0.25) is 4.79 Å². The van der Waals surface area contributed by atoms with E-state index >= 15 is 0 Å². The lowest BCUT2D eigenvalue weighted by atomic mass is 10.1. The van der Waals surface area contributed by atoms with Crippen molar-refractivity contribution in [2.75, 3.05) is 13.2 Å². The summed E-state index contributed by atoms with van der Waals surface area (Å²) in [5.74, 6) is -0.494. The van der Waals surface area contributed by atoms with Crippen molar-refractivity contribution >= 4 is 18.0 Å². The molecule has 1 aromatic carbocycles. The fourth-order valence-electron chi connectivity index (χ4n) is 3.36. The van der Waals surface area contributed by atoms with Crippen LogP contribution in [0.2, 0.25) is 0 Å². The van der Waals surface area contributed by atoms with E-state index in [-0.39, 0.29) is 25.2 Å². The van der Waals surface area contributed by atoms with E-state index in [1.54, 1.807) is 19.9 Å². The number of aromatic nitrogens is 5. The van der Waals surface area contributed by atoms with Gasteiger partial charge in [-0.15, -0.1) is 10.2 Å². The van der Waals surface area contributed by atoms with Crippen LogP contribution >= 0.6 is 0 Å². The molecule has 0 amide bonds. The SMILES string of the molecule is CCOC(=O)C/C(=C\c1cc(C)n(-c2cccc(-c3nn[nH]n3)c2)c1C)C(=O)OCC. The fraction of sp³-hybridized carbons (Fsp3) is 0.318. The normalized spacial score (nSPS) is 11.4. The van der Waals surface area contributed by atoms with Crippen molar-refractivity contribution in [2.45, 2.75) is 34.1 Å². The Labute approximate surface area is 180 Å². The van der Waals surface area contributed by atoms with Crippen LogP contribution in [0, 0.1) is 13.8 Å². The molecule has 2 aromatic heterocycles. The maximum absolute atomic E-state index is 12.4. The molecule has 0 atom stereocenters. The molecule has 0 fully saturated rings. The van der Waals surface area contributed by atoms with E-state index in [0.29, 0.717) is 5.82 Å². The number of nitrogens with zero attached hydrogens (tertiary/aromatic N) is 4. The van der Waals surface area contributed by atoms with Gasteiger partial charge < -0.3 is 14.0 Å². The van der Waals surface area contributed by atoms with Crippen molar-refractivity contribution in [3.63, 3.8) is 0 Å². The number of aryl methyl sites for hydroxylation is 1. The summed E-state index contributed by atoms with van der Waals surface area (Å²) in [5.41, 5.74) is 4.68. The third-order valence-corrected chi connectivity index (χ3v) is 4.69. The highest BCUT2D eigenvalue weighted by Gasteiger charge is 2.18. The number of carbonyl (C=O) groups is 2. The molecule has 9 heteroatoms. The zero-order valence-electron chi connectivity index (χ0n) is 18.0. The summed E-state index contributed by atoms with van der Waals surface area (Å²) < 4.78 is 12.2. The molecule has 0 bridgehead atoms. The molecule has 0 aliphatic heterocycles. The van der Waals surface area contributed by atoms with Crippen molar-refractivity contribution in [1.82, 2.24) is 25.2 Å². The molecule has 1 N–H and O–H groups in total. The number of nitrogens with one attached hydrogen (secondary N) is 1. The summed E-state index contributed by atoms with van der Waals surface area (Å²) in [7, 11) is 0. The Morgan fingerprint density at radius 2 is 1.90 bits per heavy atom. The highest BCUT2D eigenvalue weighted by Crippen LogP contribution is 2.26. The molecule has 31 heavy (non-hydrogen) atoms. The van der Waals surface area contributed by atoms with Gasteiger partial charge in [0, 0.05) is 28.2 Å². The lowest BCUT2D eigenvalue weighted by Crippen LogP contribution is -2.13. The van der Waals surface area contributed by atoms with Gasteiger partial charge in [0.15, 0.2) is 0 Å². The summed E-state index contributed by atoms with van der Waals surface area (Å²) >= 11 is 0. The Morgan fingerprint density at radius 3 is 2.58 bits per heavy atom. The summed E-state index contributed by atoms with van der Waals surface area (Å²) in [6, 6.07) is 9.72. The molecule has 2 heterocycles. The Kier molecular flexibility index (Phi) is 6.96. The van der Waals surface area contributed by atoms with E-state index in [1.165, 1.54) is 0 Å². The van der Waals surface area contributed by atoms with E-state index in [2.05, 4.69) is 25.2 Å². The van der Waals surface area contributed by atoms with Crippen LogP contribution in [-0.2, 0) is 19.1 Å². The Bertz CT molecular complexity index is 1100. The minimum absolute atomic E-state index is 0.149. The lowest BCUT2D eigenvalue weighted by molar-refractivity contribution is -0.145. The number of hydrogen-bond acceptors (Lipinski definition) is 7. The average Bonchev–Trinajstić information content (AvgIpc) is 3.37. The molecular weight excluding hydrogens is 398 g/mol. The minimum Gasteiger partial charge on any atom is -0.466 e. The Hall–Kier alpha value is -3.75. The molecule has 0 saturated carbocycles. The molecule has 9 nitrogen and oxygen atoms in total. The van der Waals surface area contributed by atoms with E-state index in [1.807, 2.05) is 44.2 Å². The van der Waals surface area contributed by atoms with Gasteiger partial charge in [0.1, 0.15) is 0 Å². The second kappa shape index (κ2) is 9.84. The number of H-pyrrole nitrogens is 1. The highest BCUT2D eigenvalue weighted by molar-refractivity contribution is 5.98. The monoisotopic (exact) mass is 423 g/mol. The number of tetrazole rings is 1. The molecule has 0 aliphatic rings. The second-order valence-corrected chi connectivity index (χ2v) is 6.82. The molecule has 0 saturated heterocycles. The van der Waals surface area contributed by atoms with Gasteiger partial charge in [0.2, 0.25) is 5.82 Å². The Balaban J connectivity index is 2.00. The van der Waals surface area contributed by atoms with Crippen molar-refractivity contribution < 1.29 is 19.1 Å². The van der Waals surface area contributed by atoms with Crippen LogP contribution in [0.5, 0.6) is 0 Å². The van der Waals surface area contributed by atoms with Gasteiger partial charge in [0.25, 0.3) is 0 Å².